The van der Waals surface area contributed by atoms with E-state index >= 15 is 0 Å². The van der Waals surface area contributed by atoms with Gasteiger partial charge in [-0.3, -0.25) is 0 Å². The van der Waals surface area contributed by atoms with Crippen LogP contribution in [0.2, 0.25) is 0 Å². The normalized spacial score (nSPS) is 8.40. The van der Waals surface area contributed by atoms with E-state index in [1.165, 1.54) is 0 Å². The number of aromatic carboxylic acids is 2. The predicted molar refractivity (Wildman–Crippen MR) is 54.6 cm³/mol. The third-order valence-electron chi connectivity index (χ3n) is 1.90. The van der Waals surface area contributed by atoms with Gasteiger partial charge in [0, 0.05) is 16.0 Å². The molecule has 1 aromatic rings. The zero-order valence-electron chi connectivity index (χ0n) is 11.0. The Morgan fingerprint density at radius 1 is 1.15 bits per heavy atom. The van der Waals surface area contributed by atoms with E-state index in [2.05, 4.69) is 10.0 Å². The Morgan fingerprint density at radius 2 is 1.65 bits per heavy atom. The number of benzene rings is 1. The molecule has 0 aromatic heterocycles. The van der Waals surface area contributed by atoms with Crippen molar-refractivity contribution in [1.82, 2.24) is 0 Å². The van der Waals surface area contributed by atoms with Crippen molar-refractivity contribution in [2.75, 3.05) is 13.2 Å². The second kappa shape index (κ2) is 11.0. The molecule has 1 aromatic carbocycles. The van der Waals surface area contributed by atoms with Gasteiger partial charge in [-0.2, -0.15) is 0 Å². The van der Waals surface area contributed by atoms with Gasteiger partial charge in [-0.15, -0.1) is 0 Å². The van der Waals surface area contributed by atoms with Crippen molar-refractivity contribution in [3.63, 3.8) is 0 Å². The predicted octanol–water partition coefficient (Wildman–Crippen LogP) is -6.89. The summed E-state index contributed by atoms with van der Waals surface area (Å²) in [4.78, 5) is 23.8. The number of nitrogens with zero attached hydrogens (tertiary/aromatic N) is 3. The van der Waals surface area contributed by atoms with Gasteiger partial charge in [0.15, 0.2) is 0 Å². The van der Waals surface area contributed by atoms with Crippen LogP contribution in [0.5, 0.6) is 5.75 Å². The largest absolute Gasteiger partial charge is 1.00 e. The van der Waals surface area contributed by atoms with Crippen LogP contribution in [0.4, 0.5) is 0 Å². The van der Waals surface area contributed by atoms with Crippen molar-refractivity contribution in [2.24, 2.45) is 5.11 Å². The van der Waals surface area contributed by atoms with Crippen molar-refractivity contribution in [1.29, 1.82) is 0 Å². The van der Waals surface area contributed by atoms with E-state index in [-0.39, 0.29) is 89.1 Å². The van der Waals surface area contributed by atoms with Crippen LogP contribution in [-0.4, -0.2) is 25.1 Å². The van der Waals surface area contributed by atoms with Gasteiger partial charge in [0.05, 0.1) is 25.1 Å². The fourth-order valence-corrected chi connectivity index (χ4v) is 1.17. The van der Waals surface area contributed by atoms with Gasteiger partial charge in [-0.1, -0.05) is 5.11 Å². The number of hydrogen-bond donors (Lipinski definition) is 0. The van der Waals surface area contributed by atoms with E-state index in [0.29, 0.717) is 0 Å². The number of carboxylic acid groups (broad SMARTS) is 2. The molecule has 1 rings (SSSR count). The monoisotopic (exact) mass is 295 g/mol. The summed E-state index contributed by atoms with van der Waals surface area (Å²) in [6.07, 6.45) is 0. The minimum Gasteiger partial charge on any atom is -0.545 e. The maximum atomic E-state index is 10.7. The number of carbonyl (C=O) groups is 2. The first-order valence-electron chi connectivity index (χ1n) is 4.76. The molecule has 0 radical (unpaired) electrons. The molecule has 0 saturated heterocycles. The number of carboxylic acids is 2. The van der Waals surface area contributed by atoms with Crippen molar-refractivity contribution in [2.45, 2.75) is 0 Å². The maximum Gasteiger partial charge on any atom is 1.00 e. The Bertz CT molecular complexity index is 499. The molecule has 0 N–H and O–H groups in total. The number of azide groups is 1. The Kier molecular flexibility index (Phi) is 11.8. The first kappa shape index (κ1) is 21.6. The summed E-state index contributed by atoms with van der Waals surface area (Å²) in [7, 11) is 0. The zero-order chi connectivity index (χ0) is 13.5. The van der Waals surface area contributed by atoms with Gasteiger partial charge in [0.1, 0.15) is 5.75 Å². The molecule has 0 fully saturated rings. The van der Waals surface area contributed by atoms with E-state index in [1.807, 2.05) is 0 Å². The minimum atomic E-state index is -1.53. The molecule has 20 heavy (non-hydrogen) atoms. The van der Waals surface area contributed by atoms with Crippen LogP contribution in [0.1, 0.15) is 20.7 Å². The molecule has 0 aliphatic heterocycles. The van der Waals surface area contributed by atoms with Crippen LogP contribution in [0.15, 0.2) is 23.3 Å². The molecule has 8 nitrogen and oxygen atoms in total. The first-order valence-corrected chi connectivity index (χ1v) is 4.76. The molecule has 0 spiro atoms. The Hall–Kier alpha value is -0.730. The summed E-state index contributed by atoms with van der Waals surface area (Å²) in [6.45, 7) is 0.0275. The van der Waals surface area contributed by atoms with Crippen molar-refractivity contribution in [3.05, 3.63) is 39.8 Å². The van der Waals surface area contributed by atoms with Crippen molar-refractivity contribution >= 4 is 11.9 Å². The molecule has 0 atom stereocenters. The average Bonchev–Trinajstić information content (AvgIpc) is 2.34. The fraction of sp³-hybridized carbons (Fsp3) is 0.200. The van der Waals surface area contributed by atoms with E-state index in [0.717, 1.165) is 18.2 Å². The number of ether oxygens (including phenoxy) is 1. The number of hydrogen-bond acceptors (Lipinski definition) is 6. The minimum absolute atomic E-state index is 0. The van der Waals surface area contributed by atoms with E-state index < -0.39 is 11.9 Å². The third kappa shape index (κ3) is 7.16. The molecule has 0 amide bonds. The van der Waals surface area contributed by atoms with Crippen LogP contribution in [-0.2, 0) is 0 Å². The van der Waals surface area contributed by atoms with Gasteiger partial charge in [0.2, 0.25) is 0 Å². The zero-order valence-corrected chi connectivity index (χ0v) is 15.0. The summed E-state index contributed by atoms with van der Waals surface area (Å²) in [5.74, 6) is -3.04. The molecular formula is C10H7N3Na2O5. The second-order valence-electron chi connectivity index (χ2n) is 3.12. The molecular weight excluding hydrogens is 288 g/mol. The van der Waals surface area contributed by atoms with Gasteiger partial charge in [-0.25, -0.2) is 0 Å². The van der Waals surface area contributed by atoms with Crippen LogP contribution in [0, 0.1) is 0 Å². The summed E-state index contributed by atoms with van der Waals surface area (Å²) in [5.41, 5.74) is 7.35. The topological polar surface area (TPSA) is 138 Å². The molecule has 0 saturated carbocycles. The molecule has 0 bridgehead atoms. The van der Waals surface area contributed by atoms with Crippen LogP contribution >= 0.6 is 0 Å². The Balaban J connectivity index is 0. The van der Waals surface area contributed by atoms with Crippen molar-refractivity contribution in [3.8, 4) is 5.75 Å². The SMILES string of the molecule is [N-]=[N+]=NCCOc1cc(C(=O)[O-])cc(C(=O)[O-])c1.[Na+].[Na+]. The van der Waals surface area contributed by atoms with Crippen LogP contribution in [0.25, 0.3) is 10.4 Å². The summed E-state index contributed by atoms with van der Waals surface area (Å²) in [6, 6.07) is 3.13. The quantitative estimate of drug-likeness (QED) is 0.169. The van der Waals surface area contributed by atoms with Gasteiger partial charge < -0.3 is 24.5 Å². The van der Waals surface area contributed by atoms with Gasteiger partial charge in [-0.05, 0) is 23.7 Å². The molecule has 0 heterocycles. The average molecular weight is 295 g/mol. The molecule has 0 unspecified atom stereocenters. The first-order chi connectivity index (χ1) is 8.54. The molecule has 94 valence electrons. The molecule has 0 aliphatic rings. The summed E-state index contributed by atoms with van der Waals surface area (Å²) >= 11 is 0. The van der Waals surface area contributed by atoms with E-state index in [4.69, 9.17) is 10.3 Å². The van der Waals surface area contributed by atoms with Crippen molar-refractivity contribution < 1.29 is 83.7 Å². The Morgan fingerprint density at radius 3 is 2.05 bits per heavy atom. The van der Waals surface area contributed by atoms with Crippen LogP contribution in [0.3, 0.4) is 0 Å². The van der Waals surface area contributed by atoms with E-state index in [9.17, 15) is 19.8 Å². The summed E-state index contributed by atoms with van der Waals surface area (Å²) < 4.78 is 5.04. The standard InChI is InChI=1S/C10H9N3O5.2Na/c11-13-12-1-2-18-8-4-6(9(14)15)3-7(5-8)10(16)17;;/h3-5H,1-2H2,(H,14,15)(H,16,17);;/q;2*+1/p-2. The smallest absolute Gasteiger partial charge is 0.545 e. The van der Waals surface area contributed by atoms with Gasteiger partial charge >= 0.3 is 59.1 Å². The fourth-order valence-electron chi connectivity index (χ4n) is 1.17. The van der Waals surface area contributed by atoms with Gasteiger partial charge in [0.25, 0.3) is 0 Å². The number of rotatable bonds is 6. The van der Waals surface area contributed by atoms with E-state index in [1.54, 1.807) is 0 Å². The molecule has 0 aliphatic carbocycles. The third-order valence-corrected chi connectivity index (χ3v) is 1.90. The number of carbonyl (C=O) groups excluding carboxylic acids is 2. The molecule has 10 heteroatoms. The second-order valence-corrected chi connectivity index (χ2v) is 3.12. The maximum absolute atomic E-state index is 10.7. The summed E-state index contributed by atoms with van der Waals surface area (Å²) in [5, 5.41) is 24.5. The van der Waals surface area contributed by atoms with Crippen LogP contribution < -0.4 is 74.1 Å². The Labute approximate surface area is 158 Å².